The molecule has 4 aromatic carbocycles. The summed E-state index contributed by atoms with van der Waals surface area (Å²) >= 11 is 0. The lowest BCUT2D eigenvalue weighted by molar-refractivity contribution is -0.140. The van der Waals surface area contributed by atoms with E-state index in [0.717, 1.165) is 187 Å². The van der Waals surface area contributed by atoms with Crippen LogP contribution >= 0.6 is 0 Å². The number of hydrogen-bond donors (Lipinski definition) is 0. The van der Waals surface area contributed by atoms with Crippen LogP contribution in [0.1, 0.15) is 147 Å². The smallest absolute Gasteiger partial charge is 0.331 e. The second kappa shape index (κ2) is 43.5. The molecule has 0 aliphatic carbocycles. The van der Waals surface area contributed by atoms with Crippen LogP contribution in [0.2, 0.25) is 0 Å². The van der Waals surface area contributed by atoms with Gasteiger partial charge < -0.3 is 56.8 Å². The first-order chi connectivity index (χ1) is 45.0. The Hall–Kier alpha value is -9.20. The van der Waals surface area contributed by atoms with Crippen molar-refractivity contribution in [3.8, 4) is 23.0 Å². The number of esters is 8. The lowest BCUT2D eigenvalue weighted by Gasteiger charge is -2.23. The van der Waals surface area contributed by atoms with Gasteiger partial charge >= 0.3 is 47.8 Å². The third-order valence-electron chi connectivity index (χ3n) is 14.4. The fourth-order valence-electron chi connectivity index (χ4n) is 9.76. The number of rotatable bonds is 43. The molecule has 4 aromatic rings. The molecule has 20 nitrogen and oxygen atoms in total. The molecule has 0 fully saturated rings. The normalized spacial score (nSPS) is 11.2. The highest BCUT2D eigenvalue weighted by molar-refractivity contribution is 5.93. The maximum atomic E-state index is 12.9. The van der Waals surface area contributed by atoms with Gasteiger partial charge in [0, 0.05) is 67.9 Å². The van der Waals surface area contributed by atoms with Crippen molar-refractivity contribution >= 4 is 47.8 Å². The predicted octanol–water partition coefficient (Wildman–Crippen LogP) is 11.0. The largest absolute Gasteiger partial charge is 0.490 e. The summed E-state index contributed by atoms with van der Waals surface area (Å²) in [6, 6.07) is 18.8. The zero-order chi connectivity index (χ0) is 67.8. The van der Waals surface area contributed by atoms with Crippen molar-refractivity contribution in [1.29, 1.82) is 0 Å². The van der Waals surface area contributed by atoms with Crippen LogP contribution in [0.15, 0.2) is 103 Å². The first-order valence-electron chi connectivity index (χ1n) is 31.8. The molecule has 0 heterocycles. The first kappa shape index (κ1) is 76.3. The molecule has 0 N–H and O–H groups in total. The molecular formula is C73H92O20. The van der Waals surface area contributed by atoms with E-state index in [4.69, 9.17) is 37.9 Å². The maximum Gasteiger partial charge on any atom is 0.331 e. The standard InChI is InChI=1S/C73H92O20/c1-10-15-19-51-23-24-62(86-33-34-87-67(78)29-25-63(74)82-6)56(41-51)48-57-44-53(21-17-12-3)45-60(72(57)92-39-36-89-69(80)31-27-65(76)84-8)50-61-47-54(22-18-13-4)46-59(73(61)93-40-37-90-70(81)32-28-66(77)85-9)49-58-43-52(20-16-11-2)42-55(14-5)71(58)91-38-35-88-68(79)30-26-64(75)83-7/h23-32,41-47H,10-22,33-40,48-50H2,1-9H3/b29-25-,30-26-,31-27-,32-28-. The van der Waals surface area contributed by atoms with Gasteiger partial charge in [0.1, 0.15) is 75.9 Å². The molecule has 0 bridgehead atoms. The van der Waals surface area contributed by atoms with Crippen LogP contribution in [0.5, 0.6) is 23.0 Å². The van der Waals surface area contributed by atoms with Crippen molar-refractivity contribution in [3.63, 3.8) is 0 Å². The van der Waals surface area contributed by atoms with Crippen LogP contribution in [-0.4, -0.2) is 129 Å². The summed E-state index contributed by atoms with van der Waals surface area (Å²) in [6.07, 6.45) is 19.8. The summed E-state index contributed by atoms with van der Waals surface area (Å²) in [6.45, 7) is 9.76. The molecule has 0 aliphatic rings. The summed E-state index contributed by atoms with van der Waals surface area (Å²) in [4.78, 5) is 97.7. The summed E-state index contributed by atoms with van der Waals surface area (Å²) in [5, 5.41) is 0. The number of aryl methyl sites for hydroxylation is 5. The summed E-state index contributed by atoms with van der Waals surface area (Å²) in [5.74, 6) is -3.67. The van der Waals surface area contributed by atoms with Crippen molar-refractivity contribution in [2.24, 2.45) is 0 Å². The van der Waals surface area contributed by atoms with Crippen molar-refractivity contribution in [1.82, 2.24) is 0 Å². The molecule has 93 heavy (non-hydrogen) atoms. The SMILES string of the molecule is CCCCc1ccc(OCCOC(=O)/C=C\C(=O)OC)c(Cc2cc(CCCC)cc(Cc3cc(CCCC)cc(Cc4cc(CCCC)cc(CC)c4OCCOC(=O)/C=C\C(=O)OC)c3OCCOC(=O)/C=C\C(=O)OC)c2OCCOC(=O)/C=C\C(=O)OC)c1. The van der Waals surface area contributed by atoms with Crippen LogP contribution in [-0.2, 0) is 128 Å². The molecular weight excluding hydrogens is 1200 g/mol. The van der Waals surface area contributed by atoms with Crippen molar-refractivity contribution in [2.45, 2.75) is 137 Å². The minimum absolute atomic E-state index is 0.000429. The van der Waals surface area contributed by atoms with Gasteiger partial charge in [0.2, 0.25) is 0 Å². The van der Waals surface area contributed by atoms with Gasteiger partial charge in [-0.15, -0.1) is 0 Å². The monoisotopic (exact) mass is 1290 g/mol. The highest BCUT2D eigenvalue weighted by atomic mass is 16.6. The highest BCUT2D eigenvalue weighted by Crippen LogP contribution is 2.39. The second-order valence-electron chi connectivity index (χ2n) is 21.5. The topological polar surface area (TPSA) is 247 Å². The van der Waals surface area contributed by atoms with Crippen LogP contribution < -0.4 is 18.9 Å². The Morgan fingerprint density at radius 2 is 0.559 bits per heavy atom. The van der Waals surface area contributed by atoms with Gasteiger partial charge in [-0.1, -0.05) is 109 Å². The maximum absolute atomic E-state index is 12.9. The lowest BCUT2D eigenvalue weighted by Crippen LogP contribution is -2.15. The van der Waals surface area contributed by atoms with Crippen molar-refractivity contribution in [2.75, 3.05) is 81.3 Å². The van der Waals surface area contributed by atoms with Crippen LogP contribution in [0.25, 0.3) is 0 Å². The molecule has 0 saturated carbocycles. The molecule has 0 aromatic heterocycles. The Balaban J connectivity index is 2.02. The molecule has 4 rings (SSSR count). The molecule has 20 heteroatoms. The van der Waals surface area contributed by atoms with Gasteiger partial charge in [0.05, 0.1) is 28.4 Å². The van der Waals surface area contributed by atoms with E-state index in [0.29, 0.717) is 42.3 Å². The van der Waals surface area contributed by atoms with Gasteiger partial charge in [0.25, 0.3) is 0 Å². The van der Waals surface area contributed by atoms with E-state index >= 15 is 0 Å². The summed E-state index contributed by atoms with van der Waals surface area (Å²) in [7, 11) is 4.81. The van der Waals surface area contributed by atoms with Crippen molar-refractivity contribution < 1.29 is 95.2 Å². The van der Waals surface area contributed by atoms with Crippen molar-refractivity contribution in [3.05, 3.63) is 164 Å². The number of hydrogen-bond acceptors (Lipinski definition) is 20. The number of benzene rings is 4. The van der Waals surface area contributed by atoms with E-state index in [9.17, 15) is 38.4 Å². The number of carbonyl (C=O) groups is 8. The number of unbranched alkanes of at least 4 members (excludes halogenated alkanes) is 4. The van der Waals surface area contributed by atoms with Gasteiger partial charge in [0.15, 0.2) is 0 Å². The molecule has 0 unspecified atom stereocenters. The van der Waals surface area contributed by atoms with E-state index in [1.54, 1.807) is 0 Å². The van der Waals surface area contributed by atoms with Gasteiger partial charge in [-0.2, -0.15) is 0 Å². The van der Waals surface area contributed by atoms with Gasteiger partial charge in [-0.05, 0) is 125 Å². The molecule has 0 spiro atoms. The van der Waals surface area contributed by atoms with E-state index in [1.807, 2.05) is 12.1 Å². The zero-order valence-corrected chi connectivity index (χ0v) is 55.5. The number of carbonyl (C=O) groups excluding carboxylic acids is 8. The average molecular weight is 1290 g/mol. The fourth-order valence-corrected chi connectivity index (χ4v) is 9.76. The Morgan fingerprint density at radius 1 is 0.301 bits per heavy atom. The second-order valence-corrected chi connectivity index (χ2v) is 21.5. The molecule has 0 saturated heterocycles. The Kier molecular flexibility index (Phi) is 35.7. The van der Waals surface area contributed by atoms with Gasteiger partial charge in [-0.25, -0.2) is 38.4 Å². The third-order valence-corrected chi connectivity index (χ3v) is 14.4. The number of ether oxygens (including phenoxy) is 12. The van der Waals surface area contributed by atoms with E-state index in [1.165, 1.54) is 28.4 Å². The Bertz CT molecular complexity index is 3220. The minimum Gasteiger partial charge on any atom is -0.490 e. The highest BCUT2D eigenvalue weighted by Gasteiger charge is 2.23. The molecule has 0 atom stereocenters. The first-order valence-corrected chi connectivity index (χ1v) is 31.8. The fraction of sp³-hybridized carbons (Fsp3) is 0.452. The van der Waals surface area contributed by atoms with Crippen LogP contribution in [0, 0.1) is 0 Å². The van der Waals surface area contributed by atoms with E-state index < -0.39 is 47.8 Å². The molecule has 0 radical (unpaired) electrons. The quantitative estimate of drug-likeness (QED) is 0.0173. The average Bonchev–Trinajstić information content (AvgIpc) is 0.803. The summed E-state index contributed by atoms with van der Waals surface area (Å²) < 4.78 is 67.0. The zero-order valence-electron chi connectivity index (χ0n) is 55.5. The Morgan fingerprint density at radius 3 is 0.860 bits per heavy atom. The van der Waals surface area contributed by atoms with E-state index in [2.05, 4.69) is 96.0 Å². The molecule has 0 aliphatic heterocycles. The van der Waals surface area contributed by atoms with Crippen LogP contribution in [0.3, 0.4) is 0 Å². The lowest BCUT2D eigenvalue weighted by atomic mass is 9.89. The molecule has 0 amide bonds. The van der Waals surface area contributed by atoms with Gasteiger partial charge in [-0.3, -0.25) is 0 Å². The van der Waals surface area contributed by atoms with Crippen LogP contribution in [0.4, 0.5) is 0 Å². The summed E-state index contributed by atoms with van der Waals surface area (Å²) in [5.41, 5.74) is 10.1. The predicted molar refractivity (Wildman–Crippen MR) is 348 cm³/mol. The Labute approximate surface area is 546 Å². The number of methoxy groups -OCH3 is 4. The van der Waals surface area contributed by atoms with E-state index in [-0.39, 0.29) is 59.3 Å². The molecule has 504 valence electrons. The minimum atomic E-state index is -0.776. The third kappa shape index (κ3) is 28.5.